The molecule has 0 aliphatic carbocycles. The van der Waals surface area contributed by atoms with Gasteiger partial charge in [-0.3, -0.25) is 4.72 Å². The topological polar surface area (TPSA) is 85.2 Å². The fourth-order valence-corrected chi connectivity index (χ4v) is 4.58. The van der Waals surface area contributed by atoms with E-state index in [1.807, 2.05) is 0 Å². The monoisotopic (exact) mass is 396 g/mol. The normalized spacial score (nSPS) is 12.0. The number of nitrogens with zero attached hydrogens (tertiary/aromatic N) is 1. The van der Waals surface area contributed by atoms with E-state index < -0.39 is 20.0 Å². The molecule has 130 valence electrons. The number of benzene rings is 2. The van der Waals surface area contributed by atoms with Crippen LogP contribution in [0.5, 0.6) is 0 Å². The van der Waals surface area contributed by atoms with Crippen LogP contribution in [0.3, 0.4) is 0 Å². The molecule has 0 atom stereocenters. The van der Waals surface area contributed by atoms with Crippen LogP contribution in [0.15, 0.2) is 82.8 Å². The Hall–Kier alpha value is -2.29. The Bertz CT molecular complexity index is 1090. The van der Waals surface area contributed by atoms with E-state index in [2.05, 4.69) is 4.72 Å². The third-order valence-electron chi connectivity index (χ3n) is 3.37. The lowest BCUT2D eigenvalue weighted by molar-refractivity contribution is 0.587. The standard InChI is InChI=1S/C16H13ClN2O4S2/c17-13-6-8-14(9-7-13)18-24(20,21)16-10-11-19(12-16)25(22,23)15-4-2-1-3-5-15/h1-12,18H. The first-order valence-corrected chi connectivity index (χ1v) is 10.4. The summed E-state index contributed by atoms with van der Waals surface area (Å²) >= 11 is 5.76. The van der Waals surface area contributed by atoms with Gasteiger partial charge in [0.25, 0.3) is 20.0 Å². The quantitative estimate of drug-likeness (QED) is 0.717. The molecular weight excluding hydrogens is 384 g/mol. The Morgan fingerprint density at radius 3 is 2.08 bits per heavy atom. The van der Waals surface area contributed by atoms with Crippen molar-refractivity contribution in [2.75, 3.05) is 4.72 Å². The highest BCUT2D eigenvalue weighted by molar-refractivity contribution is 7.93. The van der Waals surface area contributed by atoms with Crippen molar-refractivity contribution in [3.8, 4) is 0 Å². The Balaban J connectivity index is 1.91. The molecule has 3 aromatic rings. The molecule has 1 N–H and O–H groups in total. The molecule has 0 fully saturated rings. The second-order valence-corrected chi connectivity index (χ2v) is 9.07. The van der Waals surface area contributed by atoms with Crippen LogP contribution < -0.4 is 4.72 Å². The third kappa shape index (κ3) is 3.71. The van der Waals surface area contributed by atoms with Gasteiger partial charge >= 0.3 is 0 Å². The molecule has 0 saturated carbocycles. The molecule has 0 amide bonds. The molecule has 0 radical (unpaired) electrons. The highest BCUT2D eigenvalue weighted by Crippen LogP contribution is 2.21. The average Bonchev–Trinajstić information content (AvgIpc) is 3.09. The number of nitrogens with one attached hydrogen (secondary N) is 1. The summed E-state index contributed by atoms with van der Waals surface area (Å²) in [7, 11) is -7.78. The molecule has 2 aromatic carbocycles. The summed E-state index contributed by atoms with van der Waals surface area (Å²) in [5, 5.41) is 0.475. The fraction of sp³-hybridized carbons (Fsp3) is 0. The molecule has 0 bridgehead atoms. The highest BCUT2D eigenvalue weighted by Gasteiger charge is 2.21. The molecular formula is C16H13ClN2O4S2. The maximum Gasteiger partial charge on any atom is 0.267 e. The van der Waals surface area contributed by atoms with Crippen LogP contribution in [0.4, 0.5) is 5.69 Å². The van der Waals surface area contributed by atoms with Gasteiger partial charge in [-0.1, -0.05) is 29.8 Å². The lowest BCUT2D eigenvalue weighted by Gasteiger charge is -2.07. The summed E-state index contributed by atoms with van der Waals surface area (Å²) in [4.78, 5) is -0.0952. The van der Waals surface area contributed by atoms with Crippen LogP contribution in [0.25, 0.3) is 0 Å². The smallest absolute Gasteiger partial charge is 0.267 e. The van der Waals surface area contributed by atoms with E-state index in [1.54, 1.807) is 30.3 Å². The first-order chi connectivity index (χ1) is 11.8. The van der Waals surface area contributed by atoms with Gasteiger partial charge in [-0.2, -0.15) is 0 Å². The van der Waals surface area contributed by atoms with E-state index in [1.165, 1.54) is 36.5 Å². The van der Waals surface area contributed by atoms with Gasteiger partial charge < -0.3 is 0 Å². The number of halogens is 1. The van der Waals surface area contributed by atoms with Gasteiger partial charge in [-0.25, -0.2) is 20.8 Å². The van der Waals surface area contributed by atoms with E-state index in [-0.39, 0.29) is 9.79 Å². The maximum atomic E-state index is 12.5. The number of hydrogen-bond acceptors (Lipinski definition) is 4. The molecule has 1 heterocycles. The number of anilines is 1. The van der Waals surface area contributed by atoms with Gasteiger partial charge in [0.05, 0.1) is 4.90 Å². The molecule has 1 aromatic heterocycles. The van der Waals surface area contributed by atoms with Crippen molar-refractivity contribution in [1.29, 1.82) is 0 Å². The van der Waals surface area contributed by atoms with Gasteiger partial charge in [0.2, 0.25) is 0 Å². The molecule has 0 saturated heterocycles. The summed E-state index contributed by atoms with van der Waals surface area (Å²) < 4.78 is 53.1. The van der Waals surface area contributed by atoms with Crippen LogP contribution in [0.1, 0.15) is 0 Å². The van der Waals surface area contributed by atoms with Crippen LogP contribution in [-0.4, -0.2) is 20.8 Å². The van der Waals surface area contributed by atoms with E-state index in [0.717, 1.165) is 10.2 Å². The lowest BCUT2D eigenvalue weighted by Crippen LogP contribution is -2.14. The molecule has 25 heavy (non-hydrogen) atoms. The van der Waals surface area contributed by atoms with Crippen molar-refractivity contribution >= 4 is 37.3 Å². The number of rotatable bonds is 5. The van der Waals surface area contributed by atoms with E-state index in [4.69, 9.17) is 11.6 Å². The first kappa shape index (κ1) is 17.5. The Kier molecular flexibility index (Phi) is 4.59. The van der Waals surface area contributed by atoms with Gasteiger partial charge in [0.1, 0.15) is 4.90 Å². The summed E-state index contributed by atoms with van der Waals surface area (Å²) in [5.74, 6) is 0. The Morgan fingerprint density at radius 2 is 1.44 bits per heavy atom. The maximum absolute atomic E-state index is 12.5. The van der Waals surface area contributed by atoms with Crippen molar-refractivity contribution in [2.45, 2.75) is 9.79 Å². The predicted molar refractivity (Wildman–Crippen MR) is 95.7 cm³/mol. The van der Waals surface area contributed by atoms with Gasteiger partial charge in [-0.15, -0.1) is 0 Å². The average molecular weight is 397 g/mol. The van der Waals surface area contributed by atoms with E-state index in [9.17, 15) is 16.8 Å². The van der Waals surface area contributed by atoms with Crippen molar-refractivity contribution in [2.24, 2.45) is 0 Å². The zero-order valence-corrected chi connectivity index (χ0v) is 15.1. The zero-order valence-electron chi connectivity index (χ0n) is 12.7. The SMILES string of the molecule is O=S(=O)(Nc1ccc(Cl)cc1)c1ccn(S(=O)(=O)c2ccccc2)c1. The lowest BCUT2D eigenvalue weighted by atomic mass is 10.3. The van der Waals surface area contributed by atoms with E-state index in [0.29, 0.717) is 10.7 Å². The van der Waals surface area contributed by atoms with Crippen molar-refractivity contribution < 1.29 is 16.8 Å². The second-order valence-electron chi connectivity index (χ2n) is 5.11. The van der Waals surface area contributed by atoms with Gasteiger partial charge in [0.15, 0.2) is 0 Å². The largest absolute Gasteiger partial charge is 0.280 e. The molecule has 6 nitrogen and oxygen atoms in total. The molecule has 3 rings (SSSR count). The Morgan fingerprint density at radius 1 is 0.800 bits per heavy atom. The molecule has 0 spiro atoms. The minimum atomic E-state index is -3.93. The van der Waals surface area contributed by atoms with Crippen LogP contribution in [0, 0.1) is 0 Å². The molecule has 9 heteroatoms. The van der Waals surface area contributed by atoms with Crippen LogP contribution in [-0.2, 0) is 20.0 Å². The Labute approximate surface area is 150 Å². The van der Waals surface area contributed by atoms with Crippen LogP contribution >= 0.6 is 11.6 Å². The van der Waals surface area contributed by atoms with Crippen molar-refractivity contribution in [3.63, 3.8) is 0 Å². The third-order valence-corrected chi connectivity index (χ3v) is 6.63. The number of aromatic nitrogens is 1. The highest BCUT2D eigenvalue weighted by atomic mass is 35.5. The second kappa shape index (κ2) is 6.55. The summed E-state index contributed by atoms with van der Waals surface area (Å²) in [6.45, 7) is 0. The minimum Gasteiger partial charge on any atom is -0.280 e. The van der Waals surface area contributed by atoms with Crippen molar-refractivity contribution in [3.05, 3.63) is 78.1 Å². The van der Waals surface area contributed by atoms with Crippen LogP contribution in [0.2, 0.25) is 5.02 Å². The molecule has 0 aliphatic rings. The van der Waals surface area contributed by atoms with Gasteiger partial charge in [0, 0.05) is 23.1 Å². The predicted octanol–water partition coefficient (Wildman–Crippen LogP) is 3.18. The fourth-order valence-electron chi connectivity index (χ4n) is 2.11. The summed E-state index contributed by atoms with van der Waals surface area (Å²) in [5.41, 5.74) is 0.322. The van der Waals surface area contributed by atoms with E-state index >= 15 is 0 Å². The zero-order chi connectivity index (χ0) is 18.1. The molecule has 0 unspecified atom stereocenters. The first-order valence-electron chi connectivity index (χ1n) is 7.06. The van der Waals surface area contributed by atoms with Gasteiger partial charge in [-0.05, 0) is 42.5 Å². The van der Waals surface area contributed by atoms with Crippen molar-refractivity contribution in [1.82, 2.24) is 3.97 Å². The molecule has 0 aliphatic heterocycles. The summed E-state index contributed by atoms with van der Waals surface area (Å²) in [6.07, 6.45) is 2.25. The number of sulfonamides is 1. The summed E-state index contributed by atoms with van der Waals surface area (Å²) in [6, 6.07) is 15.1. The number of hydrogen-bond donors (Lipinski definition) is 1. The minimum absolute atomic E-state index is 0.0696.